The molecule has 6 nitrogen and oxygen atoms in total. The largest absolute Gasteiger partial charge is 0.466 e. The van der Waals surface area contributed by atoms with E-state index in [4.69, 9.17) is 4.74 Å². The fourth-order valence-electron chi connectivity index (χ4n) is 11.4. The van der Waals surface area contributed by atoms with Gasteiger partial charge < -0.3 is 20.3 Å². The van der Waals surface area contributed by atoms with Gasteiger partial charge in [0.05, 0.1) is 25.4 Å². The minimum absolute atomic E-state index is 0.0210. The Balaban J connectivity index is 3.34. The summed E-state index contributed by atoms with van der Waals surface area (Å²) < 4.78 is 5.50. The second-order valence-corrected chi connectivity index (χ2v) is 24.6. The number of amides is 1. The first-order valence-electron chi connectivity index (χ1n) is 35.4. The number of rotatable bonds is 67. The van der Waals surface area contributed by atoms with Crippen LogP contribution in [0.2, 0.25) is 0 Å². The maximum absolute atomic E-state index is 12.5. The van der Waals surface area contributed by atoms with E-state index in [2.05, 4.69) is 31.3 Å². The molecule has 6 heteroatoms. The molecule has 0 bridgehead atoms. The molecule has 0 aliphatic carbocycles. The van der Waals surface area contributed by atoms with Gasteiger partial charge in [0.25, 0.3) is 0 Å². The van der Waals surface area contributed by atoms with Gasteiger partial charge >= 0.3 is 5.97 Å². The molecule has 2 atom stereocenters. The Morgan fingerprint density at radius 2 is 0.610 bits per heavy atom. The van der Waals surface area contributed by atoms with Gasteiger partial charge in [-0.15, -0.1) is 0 Å². The normalized spacial score (nSPS) is 12.5. The van der Waals surface area contributed by atoms with Crippen molar-refractivity contribution in [2.45, 2.75) is 418 Å². The molecule has 3 N–H and O–H groups in total. The van der Waals surface area contributed by atoms with Crippen LogP contribution >= 0.6 is 0 Å². The Labute approximate surface area is 482 Å². The van der Waals surface area contributed by atoms with E-state index in [1.807, 2.05) is 0 Å². The number of hydrogen-bond acceptors (Lipinski definition) is 5. The lowest BCUT2D eigenvalue weighted by Crippen LogP contribution is -2.45. The van der Waals surface area contributed by atoms with Gasteiger partial charge in [-0.05, 0) is 51.4 Å². The topological polar surface area (TPSA) is 95.9 Å². The molecule has 0 radical (unpaired) electrons. The van der Waals surface area contributed by atoms with Gasteiger partial charge in [0.1, 0.15) is 0 Å². The van der Waals surface area contributed by atoms with Crippen molar-refractivity contribution in [1.82, 2.24) is 5.32 Å². The minimum atomic E-state index is -0.662. The van der Waals surface area contributed by atoms with Crippen LogP contribution in [0.1, 0.15) is 406 Å². The van der Waals surface area contributed by atoms with Crippen LogP contribution in [-0.4, -0.2) is 47.4 Å². The van der Waals surface area contributed by atoms with E-state index in [0.717, 1.165) is 38.5 Å². The standard InChI is InChI=1S/C71H139NO5/c1-3-5-7-9-11-13-15-17-35-39-43-47-51-55-59-63-69(74)68(67-73)72-70(75)64-60-56-52-48-44-40-37-33-31-29-27-25-23-21-19-20-22-24-26-28-30-32-34-38-42-46-50-54-58-62-66-77-71(76)65-61-57-53-49-45-41-36-18-16-14-12-10-8-6-4-2/h20,22,68-69,73-74H,3-19,21,23-67H2,1-2H3,(H,72,75)/b22-20-. The first-order valence-corrected chi connectivity index (χ1v) is 35.4. The number of hydrogen-bond donors (Lipinski definition) is 3. The van der Waals surface area contributed by atoms with E-state index >= 15 is 0 Å². The summed E-state index contributed by atoms with van der Waals surface area (Å²) in [5.41, 5.74) is 0. The minimum Gasteiger partial charge on any atom is -0.466 e. The third-order valence-electron chi connectivity index (χ3n) is 16.8. The zero-order chi connectivity index (χ0) is 55.7. The smallest absolute Gasteiger partial charge is 0.305 e. The zero-order valence-corrected chi connectivity index (χ0v) is 52.5. The number of aliphatic hydroxyl groups is 2. The van der Waals surface area contributed by atoms with Gasteiger partial charge in [-0.1, -0.05) is 353 Å². The van der Waals surface area contributed by atoms with Crippen molar-refractivity contribution < 1.29 is 24.5 Å². The monoisotopic (exact) mass is 1090 g/mol. The van der Waals surface area contributed by atoms with Crippen LogP contribution < -0.4 is 5.32 Å². The van der Waals surface area contributed by atoms with Crippen LogP contribution in [0.5, 0.6) is 0 Å². The average Bonchev–Trinajstić information content (AvgIpc) is 3.43. The molecule has 77 heavy (non-hydrogen) atoms. The van der Waals surface area contributed by atoms with Crippen molar-refractivity contribution in [2.75, 3.05) is 13.2 Å². The third kappa shape index (κ3) is 63.6. The molecule has 0 saturated heterocycles. The Bertz CT molecular complexity index is 1160. The summed E-state index contributed by atoms with van der Waals surface area (Å²) in [5, 5.41) is 23.3. The zero-order valence-electron chi connectivity index (χ0n) is 52.5. The van der Waals surface area contributed by atoms with Crippen molar-refractivity contribution in [2.24, 2.45) is 0 Å². The van der Waals surface area contributed by atoms with Gasteiger partial charge in [0.15, 0.2) is 0 Å². The van der Waals surface area contributed by atoms with Crippen LogP contribution in [0.3, 0.4) is 0 Å². The van der Waals surface area contributed by atoms with Gasteiger partial charge in [-0.25, -0.2) is 0 Å². The molecule has 0 aromatic carbocycles. The molecule has 0 fully saturated rings. The Hall–Kier alpha value is -1.40. The Morgan fingerprint density at radius 1 is 0.351 bits per heavy atom. The van der Waals surface area contributed by atoms with Gasteiger partial charge in [0.2, 0.25) is 5.91 Å². The molecule has 0 saturated carbocycles. The Morgan fingerprint density at radius 3 is 0.922 bits per heavy atom. The van der Waals surface area contributed by atoms with Crippen molar-refractivity contribution in [3.05, 3.63) is 12.2 Å². The van der Waals surface area contributed by atoms with Crippen molar-refractivity contribution in [3.63, 3.8) is 0 Å². The van der Waals surface area contributed by atoms with Crippen LogP contribution in [0.4, 0.5) is 0 Å². The molecule has 0 aliphatic rings. The number of carbonyl (C=O) groups excluding carboxylic acids is 2. The Kier molecular flexibility index (Phi) is 65.9. The highest BCUT2D eigenvalue weighted by atomic mass is 16.5. The first-order chi connectivity index (χ1) is 38.0. The quantitative estimate of drug-likeness (QED) is 0.0320. The van der Waals surface area contributed by atoms with Crippen molar-refractivity contribution >= 4 is 11.9 Å². The molecule has 0 aromatic heterocycles. The number of unbranched alkanes of at least 4 members (excludes halogenated alkanes) is 54. The second-order valence-electron chi connectivity index (χ2n) is 24.6. The van der Waals surface area contributed by atoms with Gasteiger partial charge in [-0.3, -0.25) is 9.59 Å². The number of aliphatic hydroxyl groups excluding tert-OH is 2. The lowest BCUT2D eigenvalue weighted by molar-refractivity contribution is -0.143. The first kappa shape index (κ1) is 75.6. The lowest BCUT2D eigenvalue weighted by atomic mass is 10.0. The highest BCUT2D eigenvalue weighted by Crippen LogP contribution is 2.19. The van der Waals surface area contributed by atoms with E-state index in [0.29, 0.717) is 25.9 Å². The fraction of sp³-hybridized carbons (Fsp3) is 0.944. The summed E-state index contributed by atoms with van der Waals surface area (Å²) in [7, 11) is 0. The predicted octanol–water partition coefficient (Wildman–Crippen LogP) is 22.8. The molecule has 2 unspecified atom stereocenters. The third-order valence-corrected chi connectivity index (χ3v) is 16.8. The highest BCUT2D eigenvalue weighted by Gasteiger charge is 2.20. The van der Waals surface area contributed by atoms with Crippen molar-refractivity contribution in [3.8, 4) is 0 Å². The number of nitrogens with one attached hydrogen (secondary N) is 1. The summed E-state index contributed by atoms with van der Waals surface area (Å²) in [6, 6.07) is -0.539. The van der Waals surface area contributed by atoms with E-state index < -0.39 is 12.1 Å². The molecule has 0 spiro atoms. The SMILES string of the molecule is CCCCCCCCCCCCCCCCCC(=O)OCCCCCCCCCCCCCC/C=C\CCCCCCCCCCCCCCCCC(=O)NC(CO)C(O)CCCCCCCCCCCCCCCCC. The van der Waals surface area contributed by atoms with E-state index in [9.17, 15) is 19.8 Å². The molecule has 0 aliphatic heterocycles. The number of esters is 1. The van der Waals surface area contributed by atoms with E-state index in [1.165, 1.54) is 334 Å². The molecule has 0 aromatic rings. The highest BCUT2D eigenvalue weighted by molar-refractivity contribution is 5.76. The molecule has 458 valence electrons. The maximum Gasteiger partial charge on any atom is 0.305 e. The molecular weight excluding hydrogens is 947 g/mol. The van der Waals surface area contributed by atoms with Crippen LogP contribution in [0, 0.1) is 0 Å². The average molecular weight is 1090 g/mol. The molecule has 0 heterocycles. The van der Waals surface area contributed by atoms with E-state index in [-0.39, 0.29) is 18.5 Å². The maximum atomic E-state index is 12.5. The summed E-state index contributed by atoms with van der Waals surface area (Å²) in [4.78, 5) is 24.6. The summed E-state index contributed by atoms with van der Waals surface area (Å²) >= 11 is 0. The number of allylic oxidation sites excluding steroid dienone is 2. The number of ether oxygens (including phenoxy) is 1. The second kappa shape index (κ2) is 67.1. The van der Waals surface area contributed by atoms with Gasteiger partial charge in [-0.2, -0.15) is 0 Å². The lowest BCUT2D eigenvalue weighted by Gasteiger charge is -2.22. The van der Waals surface area contributed by atoms with Crippen molar-refractivity contribution in [1.29, 1.82) is 0 Å². The van der Waals surface area contributed by atoms with E-state index in [1.54, 1.807) is 0 Å². The fourth-order valence-corrected chi connectivity index (χ4v) is 11.4. The molecule has 0 rings (SSSR count). The van der Waals surface area contributed by atoms with Crippen LogP contribution in [0.25, 0.3) is 0 Å². The summed E-state index contributed by atoms with van der Waals surface area (Å²) in [5.74, 6) is -0.00921. The summed E-state index contributed by atoms with van der Waals surface area (Å²) in [6.07, 6.45) is 82.6. The van der Waals surface area contributed by atoms with Crippen LogP contribution in [0.15, 0.2) is 12.2 Å². The van der Waals surface area contributed by atoms with Crippen LogP contribution in [-0.2, 0) is 14.3 Å². The summed E-state index contributed by atoms with van der Waals surface area (Å²) in [6.45, 7) is 5.00. The predicted molar refractivity (Wildman–Crippen MR) is 338 cm³/mol. The number of carbonyl (C=O) groups is 2. The van der Waals surface area contributed by atoms with Gasteiger partial charge in [0, 0.05) is 12.8 Å². The molecular formula is C71H139NO5. The molecule has 1 amide bonds.